The molecule has 3 N–H and O–H groups in total. The van der Waals surface area contributed by atoms with Gasteiger partial charge in [0.25, 0.3) is 0 Å². The van der Waals surface area contributed by atoms with E-state index in [1.165, 1.54) is 25.7 Å². The molecule has 1 fully saturated rings. The van der Waals surface area contributed by atoms with Crippen molar-refractivity contribution in [2.75, 3.05) is 13.2 Å². The number of carboxylic acid groups (broad SMARTS) is 1. The third-order valence-corrected chi connectivity index (χ3v) is 11.7. The van der Waals surface area contributed by atoms with Crippen LogP contribution in [0.15, 0.2) is 72.9 Å². The van der Waals surface area contributed by atoms with Crippen LogP contribution in [0.5, 0.6) is 0 Å². The van der Waals surface area contributed by atoms with Gasteiger partial charge in [-0.05, 0) is 103 Å². The Bertz CT molecular complexity index is 1480. The molecule has 0 aromatic heterocycles. The Morgan fingerprint density at radius 2 is 0.942 bits per heavy atom. The van der Waals surface area contributed by atoms with Gasteiger partial charge in [-0.1, -0.05) is 164 Å². The average molecular weight is 971 g/mol. The zero-order chi connectivity index (χ0) is 50.4. The molecule has 1 saturated heterocycles. The first-order valence-electron chi connectivity index (χ1n) is 26.9. The van der Waals surface area contributed by atoms with Crippen LogP contribution in [-0.2, 0) is 42.9 Å². The van der Waals surface area contributed by atoms with Crippen molar-refractivity contribution < 1.29 is 58.2 Å². The lowest BCUT2D eigenvalue weighted by Gasteiger charge is -2.40. The van der Waals surface area contributed by atoms with Gasteiger partial charge < -0.3 is 39.0 Å². The molecular formula is C57H94O12. The van der Waals surface area contributed by atoms with E-state index in [1.54, 1.807) is 0 Å². The van der Waals surface area contributed by atoms with Gasteiger partial charge in [0.05, 0.1) is 6.61 Å². The van der Waals surface area contributed by atoms with Crippen molar-refractivity contribution in [3.05, 3.63) is 72.9 Å². The molecule has 6 unspecified atom stereocenters. The Morgan fingerprint density at radius 1 is 0.493 bits per heavy atom. The van der Waals surface area contributed by atoms with Crippen LogP contribution in [0, 0.1) is 0 Å². The third-order valence-electron chi connectivity index (χ3n) is 11.7. The molecule has 12 heteroatoms. The Hall–Kier alpha value is -3.84. The van der Waals surface area contributed by atoms with Crippen LogP contribution >= 0.6 is 0 Å². The summed E-state index contributed by atoms with van der Waals surface area (Å²) in [5, 5.41) is 31.3. The van der Waals surface area contributed by atoms with Crippen LogP contribution in [-0.4, -0.2) is 89.2 Å². The molecule has 0 aliphatic carbocycles. The number of hydrogen-bond donors (Lipinski definition) is 3. The molecule has 69 heavy (non-hydrogen) atoms. The normalized spacial score (nSPS) is 19.2. The lowest BCUT2D eigenvalue weighted by atomic mass is 9.98. The monoisotopic (exact) mass is 971 g/mol. The van der Waals surface area contributed by atoms with Crippen molar-refractivity contribution >= 4 is 23.9 Å². The maximum absolute atomic E-state index is 13.1. The summed E-state index contributed by atoms with van der Waals surface area (Å²) in [6, 6.07) is 0. The molecule has 0 saturated carbocycles. The number of carboxylic acids is 1. The zero-order valence-corrected chi connectivity index (χ0v) is 43.0. The van der Waals surface area contributed by atoms with Gasteiger partial charge in [-0.3, -0.25) is 14.4 Å². The molecule has 1 aliphatic heterocycles. The van der Waals surface area contributed by atoms with Crippen molar-refractivity contribution in [1.82, 2.24) is 0 Å². The predicted molar refractivity (Wildman–Crippen MR) is 275 cm³/mol. The molecule has 0 radical (unpaired) electrons. The minimum atomic E-state index is -1.91. The average Bonchev–Trinajstić information content (AvgIpc) is 3.33. The molecule has 1 heterocycles. The molecule has 0 bridgehead atoms. The van der Waals surface area contributed by atoms with Crippen LogP contribution in [0.2, 0.25) is 0 Å². The van der Waals surface area contributed by atoms with Gasteiger partial charge in [0.15, 0.2) is 24.6 Å². The molecule has 0 amide bonds. The van der Waals surface area contributed by atoms with Gasteiger partial charge in [0, 0.05) is 19.3 Å². The number of unbranched alkanes of at least 4 members (excludes halogenated alkanes) is 18. The number of allylic oxidation sites excluding steroid dienone is 12. The number of aliphatic hydroxyl groups excluding tert-OH is 2. The van der Waals surface area contributed by atoms with Crippen molar-refractivity contribution in [3.8, 4) is 0 Å². The Morgan fingerprint density at radius 3 is 1.48 bits per heavy atom. The highest BCUT2D eigenvalue weighted by Gasteiger charge is 2.50. The van der Waals surface area contributed by atoms with Crippen LogP contribution in [0.25, 0.3) is 0 Å². The van der Waals surface area contributed by atoms with Crippen LogP contribution in [0.1, 0.15) is 213 Å². The zero-order valence-electron chi connectivity index (χ0n) is 43.0. The number of aliphatic carboxylic acids is 1. The minimum Gasteiger partial charge on any atom is -0.479 e. The van der Waals surface area contributed by atoms with Gasteiger partial charge in [-0.15, -0.1) is 0 Å². The predicted octanol–water partition coefficient (Wildman–Crippen LogP) is 13.0. The summed E-state index contributed by atoms with van der Waals surface area (Å²) in [6.07, 6.45) is 43.2. The number of hydrogen-bond acceptors (Lipinski definition) is 11. The number of rotatable bonds is 44. The van der Waals surface area contributed by atoms with E-state index >= 15 is 0 Å². The van der Waals surface area contributed by atoms with Crippen molar-refractivity contribution in [2.24, 2.45) is 0 Å². The van der Waals surface area contributed by atoms with Gasteiger partial charge >= 0.3 is 23.9 Å². The molecule has 394 valence electrons. The van der Waals surface area contributed by atoms with Gasteiger partial charge in [-0.2, -0.15) is 0 Å². The first-order chi connectivity index (χ1) is 33.6. The fourth-order valence-corrected chi connectivity index (χ4v) is 7.59. The highest BCUT2D eigenvalue weighted by atomic mass is 16.7. The summed E-state index contributed by atoms with van der Waals surface area (Å²) in [4.78, 5) is 50.9. The highest BCUT2D eigenvalue weighted by Crippen LogP contribution is 2.26. The smallest absolute Gasteiger partial charge is 0.335 e. The van der Waals surface area contributed by atoms with E-state index in [2.05, 4.69) is 93.7 Å². The van der Waals surface area contributed by atoms with Crippen LogP contribution in [0.3, 0.4) is 0 Å². The Labute approximate surface area is 417 Å². The highest BCUT2D eigenvalue weighted by molar-refractivity contribution is 5.74. The van der Waals surface area contributed by atoms with E-state index < -0.39 is 67.3 Å². The fourth-order valence-electron chi connectivity index (χ4n) is 7.59. The number of carbonyl (C=O) groups is 4. The van der Waals surface area contributed by atoms with Gasteiger partial charge in [0.2, 0.25) is 0 Å². The lowest BCUT2D eigenvalue weighted by Crippen LogP contribution is -2.61. The second-order valence-electron chi connectivity index (χ2n) is 18.1. The largest absolute Gasteiger partial charge is 0.479 e. The summed E-state index contributed by atoms with van der Waals surface area (Å²) < 4.78 is 28.3. The lowest BCUT2D eigenvalue weighted by molar-refractivity contribution is -0.301. The molecule has 0 aromatic rings. The molecule has 6 atom stereocenters. The first kappa shape index (κ1) is 63.2. The summed E-state index contributed by atoms with van der Waals surface area (Å²) >= 11 is 0. The molecule has 1 aliphatic rings. The molecule has 0 spiro atoms. The van der Waals surface area contributed by atoms with E-state index in [0.717, 1.165) is 128 Å². The van der Waals surface area contributed by atoms with Crippen LogP contribution in [0.4, 0.5) is 0 Å². The number of aliphatic hydroxyl groups is 2. The quantitative estimate of drug-likeness (QED) is 0.0228. The topological polar surface area (TPSA) is 175 Å². The van der Waals surface area contributed by atoms with Crippen molar-refractivity contribution in [1.29, 1.82) is 0 Å². The van der Waals surface area contributed by atoms with E-state index in [0.29, 0.717) is 19.3 Å². The summed E-state index contributed by atoms with van der Waals surface area (Å²) in [7, 11) is 0. The number of esters is 3. The number of ether oxygens (including phenoxy) is 5. The summed E-state index contributed by atoms with van der Waals surface area (Å²) in [5.74, 6) is -3.19. The molecular weight excluding hydrogens is 877 g/mol. The van der Waals surface area contributed by atoms with Crippen LogP contribution < -0.4 is 0 Å². The Kier molecular flexibility index (Phi) is 41.5. The number of carbonyl (C=O) groups excluding carboxylic acids is 3. The van der Waals surface area contributed by atoms with E-state index in [-0.39, 0.29) is 25.9 Å². The molecule has 12 nitrogen and oxygen atoms in total. The van der Waals surface area contributed by atoms with Crippen molar-refractivity contribution in [3.63, 3.8) is 0 Å². The maximum Gasteiger partial charge on any atom is 0.335 e. The molecule has 1 rings (SSSR count). The Balaban J connectivity index is 2.76. The van der Waals surface area contributed by atoms with Gasteiger partial charge in [0.1, 0.15) is 18.8 Å². The van der Waals surface area contributed by atoms with E-state index in [1.807, 2.05) is 0 Å². The summed E-state index contributed by atoms with van der Waals surface area (Å²) in [5.41, 5.74) is 0. The summed E-state index contributed by atoms with van der Waals surface area (Å²) in [6.45, 7) is 5.73. The van der Waals surface area contributed by atoms with E-state index in [9.17, 15) is 34.5 Å². The fraction of sp³-hybridized carbons (Fsp3) is 0.719. The standard InChI is InChI=1S/C57H94O12/c1-4-7-10-13-16-19-22-25-28-31-34-37-40-43-49(58)65-46-48(67-50(59)44-41-38-35-32-29-26-23-20-17-14-11-8-5-2)47-66-57-55(53(62)52(61)54(69-57)56(63)64)68-51(60)45-42-39-36-33-30-27-24-21-18-15-12-9-6-3/h7,10,12,15-16,19-21,23-25,28,48,52-55,57,61-62H,4-6,8-9,11,13-14,17-18,22,26-27,29-47H2,1-3H3,(H,63,64)/b10-7-,15-12-,19-16-,23-20-,24-21-,28-25-. The SMILES string of the molecule is CC/C=C\C/C=C\C/C=C\CCCCCC(=O)OCC(COC1OC(C(=O)O)C(O)C(O)C1OC(=O)CCCCCCC/C=C\C/C=C\CCC)OC(=O)CCCCCCC/C=C\CCCCCC. The van der Waals surface area contributed by atoms with Crippen molar-refractivity contribution in [2.45, 2.75) is 250 Å². The van der Waals surface area contributed by atoms with Gasteiger partial charge in [-0.25, -0.2) is 4.79 Å². The van der Waals surface area contributed by atoms with E-state index in [4.69, 9.17) is 23.7 Å². The maximum atomic E-state index is 13.1. The minimum absolute atomic E-state index is 0.0382. The second kappa shape index (κ2) is 45.3. The third kappa shape index (κ3) is 35.8. The second-order valence-corrected chi connectivity index (χ2v) is 18.1. The first-order valence-corrected chi connectivity index (χ1v) is 26.9. The molecule has 0 aromatic carbocycles.